The number of fused-ring (bicyclic) bond motifs is 5. The molecule has 3 saturated carbocycles. The summed E-state index contributed by atoms with van der Waals surface area (Å²) in [5.41, 5.74) is 19.8. The molecule has 52 heavy (non-hydrogen) atoms. The maximum absolute atomic E-state index is 13.4. The number of esters is 1. The number of halogens is 3. The maximum Gasteiger partial charge on any atom is 0.325 e. The van der Waals surface area contributed by atoms with E-state index in [0.29, 0.717) is 31.3 Å². The predicted molar refractivity (Wildman–Crippen MR) is 224 cm³/mol. The zero-order valence-electron chi connectivity index (χ0n) is 33.6. The number of allylic oxidation sites excluding steroid dienone is 1. The fourth-order valence-electron chi connectivity index (χ4n) is 11.2. The number of amides is 1. The van der Waals surface area contributed by atoms with E-state index in [1.807, 2.05) is 0 Å². The van der Waals surface area contributed by atoms with Crippen LogP contribution in [0.25, 0.3) is 0 Å². The van der Waals surface area contributed by atoms with Gasteiger partial charge < -0.3 is 26.8 Å². The summed E-state index contributed by atoms with van der Waals surface area (Å²) in [6.07, 6.45) is 23.8. The van der Waals surface area contributed by atoms with Gasteiger partial charge in [0.25, 0.3) is 0 Å². The number of unbranched alkanes of at least 4 members (excludes halogenated alkanes) is 5. The van der Waals surface area contributed by atoms with Gasteiger partial charge in [-0.15, -0.1) is 37.2 Å². The van der Waals surface area contributed by atoms with Gasteiger partial charge in [0.15, 0.2) is 0 Å². The first-order valence-electron chi connectivity index (χ1n) is 20.8. The molecule has 0 radical (unpaired) electrons. The molecule has 0 bridgehead atoms. The molecule has 306 valence electrons. The molecule has 0 aromatic heterocycles. The first-order valence-corrected chi connectivity index (χ1v) is 20.8. The van der Waals surface area contributed by atoms with Crippen LogP contribution >= 0.6 is 37.2 Å². The second kappa shape index (κ2) is 23.5. The van der Waals surface area contributed by atoms with Crippen LogP contribution < -0.4 is 17.2 Å². The van der Waals surface area contributed by atoms with E-state index in [0.717, 1.165) is 99.8 Å². The molecule has 0 heterocycles. The van der Waals surface area contributed by atoms with Crippen LogP contribution in [0.3, 0.4) is 0 Å². The maximum atomic E-state index is 13.4. The summed E-state index contributed by atoms with van der Waals surface area (Å²) < 4.78 is 6.16. The molecule has 4 aliphatic carbocycles. The van der Waals surface area contributed by atoms with Crippen molar-refractivity contribution in [3.8, 4) is 0 Å². The predicted octanol–water partition coefficient (Wildman–Crippen LogP) is 9.40. The highest BCUT2D eigenvalue weighted by atomic mass is 35.5. The molecular formula is C42H79Cl3N4O3. The standard InChI is InChI=1S/C42H76N4O3.3ClH/c1-30(2)14-12-15-31(3)35-19-20-36-34-18-17-32-28-33(21-23-41(32,4)37(34)22-24-42(35,36)5)49-39(47)29-46(40(48)38(45)16-13-26-44)27-11-9-7-6-8-10-25-43;;;/h17,30-31,33-38H,6-16,18-29,43-45H2,1-5H3;3*1H/t31?,33-,34-,35+,36-,37-,38?,41-,42+;;;/m0.../s1. The van der Waals surface area contributed by atoms with Crippen LogP contribution in [0.15, 0.2) is 11.6 Å². The molecule has 7 nitrogen and oxygen atoms in total. The lowest BCUT2D eigenvalue weighted by Gasteiger charge is -2.58. The average molecular weight is 794 g/mol. The van der Waals surface area contributed by atoms with Gasteiger partial charge in [0, 0.05) is 13.0 Å². The Morgan fingerprint density at radius 3 is 2.17 bits per heavy atom. The molecule has 0 saturated heterocycles. The zero-order valence-corrected chi connectivity index (χ0v) is 36.0. The van der Waals surface area contributed by atoms with E-state index in [9.17, 15) is 9.59 Å². The summed E-state index contributed by atoms with van der Waals surface area (Å²) in [4.78, 5) is 28.3. The zero-order chi connectivity index (χ0) is 35.6. The molecule has 4 aliphatic rings. The first-order chi connectivity index (χ1) is 23.4. The van der Waals surface area contributed by atoms with Gasteiger partial charge in [-0.25, -0.2) is 0 Å². The van der Waals surface area contributed by atoms with Crippen molar-refractivity contribution in [3.05, 3.63) is 11.6 Å². The Bertz CT molecular complexity index is 1090. The Kier molecular flexibility index (Phi) is 22.3. The van der Waals surface area contributed by atoms with Crippen molar-refractivity contribution < 1.29 is 14.3 Å². The number of carbonyl (C=O) groups is 2. The molecule has 6 N–H and O–H groups in total. The third-order valence-corrected chi connectivity index (χ3v) is 14.1. The Morgan fingerprint density at radius 2 is 1.50 bits per heavy atom. The number of rotatable bonds is 20. The van der Waals surface area contributed by atoms with Crippen LogP contribution in [0.2, 0.25) is 0 Å². The molecular weight excluding hydrogens is 715 g/mol. The van der Waals surface area contributed by atoms with E-state index < -0.39 is 6.04 Å². The third-order valence-electron chi connectivity index (χ3n) is 14.1. The van der Waals surface area contributed by atoms with Crippen LogP contribution in [0.4, 0.5) is 0 Å². The summed E-state index contributed by atoms with van der Waals surface area (Å²) in [7, 11) is 0. The topological polar surface area (TPSA) is 125 Å². The lowest BCUT2D eigenvalue weighted by atomic mass is 9.47. The Morgan fingerprint density at radius 1 is 0.827 bits per heavy atom. The van der Waals surface area contributed by atoms with Crippen LogP contribution in [-0.4, -0.2) is 55.1 Å². The number of ether oxygens (including phenoxy) is 1. The van der Waals surface area contributed by atoms with Crippen molar-refractivity contribution in [1.82, 2.24) is 4.90 Å². The van der Waals surface area contributed by atoms with Crippen molar-refractivity contribution >= 4 is 49.1 Å². The van der Waals surface area contributed by atoms with Crippen molar-refractivity contribution in [2.75, 3.05) is 26.2 Å². The molecule has 0 aliphatic heterocycles. The van der Waals surface area contributed by atoms with E-state index in [-0.39, 0.29) is 67.2 Å². The van der Waals surface area contributed by atoms with Crippen molar-refractivity contribution in [1.29, 1.82) is 0 Å². The molecule has 0 spiro atoms. The van der Waals surface area contributed by atoms with Gasteiger partial charge in [0.2, 0.25) is 5.91 Å². The highest BCUT2D eigenvalue weighted by Gasteiger charge is 2.59. The molecule has 1 amide bonds. The Balaban J connectivity index is 0.00000451. The van der Waals surface area contributed by atoms with Crippen molar-refractivity contribution in [2.45, 2.75) is 169 Å². The van der Waals surface area contributed by atoms with E-state index >= 15 is 0 Å². The molecule has 0 aromatic rings. The average Bonchev–Trinajstić information content (AvgIpc) is 3.43. The van der Waals surface area contributed by atoms with Gasteiger partial charge in [-0.1, -0.05) is 91.2 Å². The molecule has 2 unspecified atom stereocenters. The fourth-order valence-corrected chi connectivity index (χ4v) is 11.2. The van der Waals surface area contributed by atoms with E-state index in [4.69, 9.17) is 21.9 Å². The normalized spacial score (nSPS) is 30.2. The number of carbonyl (C=O) groups excluding carboxylic acids is 2. The van der Waals surface area contributed by atoms with Crippen LogP contribution in [0, 0.1) is 46.3 Å². The summed E-state index contributed by atoms with van der Waals surface area (Å²) in [5, 5.41) is 0. The Labute approximate surface area is 337 Å². The van der Waals surface area contributed by atoms with Gasteiger partial charge in [0.05, 0.1) is 6.04 Å². The van der Waals surface area contributed by atoms with Gasteiger partial charge in [-0.05, 0) is 130 Å². The lowest BCUT2D eigenvalue weighted by Crippen LogP contribution is -2.51. The first kappa shape index (κ1) is 49.4. The summed E-state index contributed by atoms with van der Waals surface area (Å²) >= 11 is 0. The van der Waals surface area contributed by atoms with Crippen LogP contribution in [-0.2, 0) is 14.3 Å². The fraction of sp³-hybridized carbons (Fsp3) is 0.905. The second-order valence-corrected chi connectivity index (χ2v) is 17.9. The van der Waals surface area contributed by atoms with Crippen LogP contribution in [0.1, 0.15) is 157 Å². The van der Waals surface area contributed by atoms with Gasteiger partial charge >= 0.3 is 5.97 Å². The van der Waals surface area contributed by atoms with Crippen LogP contribution in [0.5, 0.6) is 0 Å². The van der Waals surface area contributed by atoms with Gasteiger partial charge in [0.1, 0.15) is 12.6 Å². The van der Waals surface area contributed by atoms with E-state index in [2.05, 4.69) is 40.7 Å². The quantitative estimate of drug-likeness (QED) is 0.0641. The molecule has 10 heteroatoms. The number of nitrogens with two attached hydrogens (primary N) is 3. The summed E-state index contributed by atoms with van der Waals surface area (Å²) in [6, 6.07) is -0.628. The molecule has 0 aromatic carbocycles. The minimum atomic E-state index is -0.628. The minimum absolute atomic E-state index is 0. The summed E-state index contributed by atoms with van der Waals surface area (Å²) in [5.74, 6) is 4.45. The molecule has 9 atom stereocenters. The lowest BCUT2D eigenvalue weighted by molar-refractivity contribution is -0.156. The SMILES string of the molecule is CC(C)CCCC(C)[C@H]1CC[C@H]2[C@@H]3CC=C4C[C@@H](OC(=O)CN(CCCCCCCCN)C(=O)C(N)CCCN)CC[C@]4(C)[C@H]3CC[C@]12C.Cl.Cl.Cl. The smallest absolute Gasteiger partial charge is 0.325 e. The van der Waals surface area contributed by atoms with E-state index in [1.54, 1.807) is 4.90 Å². The largest absolute Gasteiger partial charge is 0.461 e. The molecule has 4 rings (SSSR count). The Hall–Kier alpha value is -0.570. The highest BCUT2D eigenvalue weighted by molar-refractivity contribution is 5.86. The number of nitrogens with zero attached hydrogens (tertiary/aromatic N) is 1. The van der Waals surface area contributed by atoms with Gasteiger partial charge in [-0.3, -0.25) is 9.59 Å². The second-order valence-electron chi connectivity index (χ2n) is 17.9. The van der Waals surface area contributed by atoms with Crippen molar-refractivity contribution in [2.24, 2.45) is 63.5 Å². The molecule has 3 fully saturated rings. The highest BCUT2D eigenvalue weighted by Crippen LogP contribution is 2.67. The van der Waals surface area contributed by atoms with Crippen molar-refractivity contribution in [3.63, 3.8) is 0 Å². The minimum Gasteiger partial charge on any atom is -0.461 e. The van der Waals surface area contributed by atoms with E-state index in [1.165, 1.54) is 56.9 Å². The number of hydrogen-bond acceptors (Lipinski definition) is 6. The number of hydrogen-bond donors (Lipinski definition) is 3. The monoisotopic (exact) mass is 793 g/mol. The summed E-state index contributed by atoms with van der Waals surface area (Å²) in [6.45, 7) is 14.2. The third kappa shape index (κ3) is 12.5. The van der Waals surface area contributed by atoms with Gasteiger partial charge in [-0.2, -0.15) is 0 Å².